The molecule has 1 aromatic rings. The van der Waals surface area contributed by atoms with Crippen LogP contribution in [-0.2, 0) is 0 Å². The van der Waals surface area contributed by atoms with Crippen LogP contribution in [0.1, 0.15) is 56.6 Å². The molecule has 0 aliphatic carbocycles. The summed E-state index contributed by atoms with van der Waals surface area (Å²) in [7, 11) is 0. The predicted octanol–water partition coefficient (Wildman–Crippen LogP) is 5.89. The lowest BCUT2D eigenvalue weighted by molar-refractivity contribution is -0.0464. The number of likely N-dealkylation sites (tertiary alicyclic amines) is 1. The van der Waals surface area contributed by atoms with Gasteiger partial charge in [0.05, 0.1) is 23.1 Å². The Morgan fingerprint density at radius 1 is 1.15 bits per heavy atom. The number of rotatable bonds is 15. The SMILES string of the molecule is C=CC(=C\C=C(/C)Cl)/C(=N/C=C/C)C(/CCCCC(O)O)=N\C=C\C(=C)C(O)N1CC(c2ccc(C#N)cc2)C1. The number of aliphatic imine (C=N–C) groups is 2. The number of benzene rings is 1. The molecule has 0 spiro atoms. The van der Waals surface area contributed by atoms with Crippen LogP contribution in [0.25, 0.3) is 0 Å². The normalized spacial score (nSPS) is 16.9. The smallest absolute Gasteiger partial charge is 0.151 e. The van der Waals surface area contributed by atoms with Crippen molar-refractivity contribution >= 4 is 23.0 Å². The lowest BCUT2D eigenvalue weighted by Crippen LogP contribution is -2.51. The van der Waals surface area contributed by atoms with Crippen LogP contribution in [0.3, 0.4) is 0 Å². The van der Waals surface area contributed by atoms with Crippen LogP contribution in [0, 0.1) is 11.3 Å². The molecule has 0 radical (unpaired) electrons. The van der Waals surface area contributed by atoms with Crippen LogP contribution < -0.4 is 0 Å². The first-order valence-electron chi connectivity index (χ1n) is 13.3. The summed E-state index contributed by atoms with van der Waals surface area (Å²) < 4.78 is 0. The molecule has 1 atom stereocenters. The van der Waals surface area contributed by atoms with Crippen molar-refractivity contribution < 1.29 is 15.3 Å². The zero-order valence-electron chi connectivity index (χ0n) is 23.2. The van der Waals surface area contributed by atoms with Gasteiger partial charge in [0.15, 0.2) is 6.29 Å². The molecule has 0 bridgehead atoms. The summed E-state index contributed by atoms with van der Waals surface area (Å²) >= 11 is 6.04. The molecule has 1 heterocycles. The van der Waals surface area contributed by atoms with Crippen LogP contribution in [-0.4, -0.2) is 57.3 Å². The molecule has 8 heteroatoms. The summed E-state index contributed by atoms with van der Waals surface area (Å²) in [4.78, 5) is 11.2. The fourth-order valence-corrected chi connectivity index (χ4v) is 4.14. The summed E-state index contributed by atoms with van der Waals surface area (Å²) in [6.07, 6.45) is 11.9. The minimum Gasteiger partial charge on any atom is -0.374 e. The predicted molar refractivity (Wildman–Crippen MR) is 164 cm³/mol. The highest BCUT2D eigenvalue weighted by Gasteiger charge is 2.33. The minimum absolute atomic E-state index is 0.269. The molecule has 1 aromatic carbocycles. The lowest BCUT2D eigenvalue weighted by atomic mass is 9.90. The molecule has 1 aliphatic heterocycles. The first-order valence-corrected chi connectivity index (χ1v) is 13.6. The number of aliphatic hydroxyl groups is 3. The third kappa shape index (κ3) is 10.6. The van der Waals surface area contributed by atoms with Crippen molar-refractivity contribution in [3.05, 3.63) is 108 Å². The molecule has 0 amide bonds. The van der Waals surface area contributed by atoms with Gasteiger partial charge in [0, 0.05) is 42.0 Å². The summed E-state index contributed by atoms with van der Waals surface area (Å²) in [5.41, 5.74) is 4.32. The van der Waals surface area contributed by atoms with Crippen molar-refractivity contribution in [2.24, 2.45) is 9.98 Å². The number of aliphatic hydroxyl groups excluding tert-OH is 2. The fourth-order valence-electron chi connectivity index (χ4n) is 4.07. The second kappa shape index (κ2) is 17.3. The Morgan fingerprint density at radius 2 is 1.85 bits per heavy atom. The summed E-state index contributed by atoms with van der Waals surface area (Å²) in [5, 5.41) is 38.8. The summed E-state index contributed by atoms with van der Waals surface area (Å²) in [5.74, 6) is 0.293. The average Bonchev–Trinajstić information content (AvgIpc) is 2.91. The molecule has 212 valence electrons. The van der Waals surface area contributed by atoms with Gasteiger partial charge in [-0.3, -0.25) is 14.9 Å². The van der Waals surface area contributed by atoms with E-state index in [1.54, 1.807) is 37.6 Å². The number of nitrogens with zero attached hydrogens (tertiary/aromatic N) is 4. The van der Waals surface area contributed by atoms with Gasteiger partial charge in [-0.25, -0.2) is 0 Å². The van der Waals surface area contributed by atoms with E-state index in [1.807, 2.05) is 48.2 Å². The summed E-state index contributed by atoms with van der Waals surface area (Å²) in [6, 6.07) is 9.67. The van der Waals surface area contributed by atoms with Crippen molar-refractivity contribution in [2.75, 3.05) is 13.1 Å². The molecule has 1 fully saturated rings. The van der Waals surface area contributed by atoms with Crippen LogP contribution >= 0.6 is 11.6 Å². The minimum atomic E-state index is -1.35. The number of nitriles is 1. The van der Waals surface area contributed by atoms with Gasteiger partial charge < -0.3 is 15.3 Å². The Hall–Kier alpha value is -3.38. The monoisotopic (exact) mass is 562 g/mol. The second-order valence-corrected chi connectivity index (χ2v) is 10.1. The molecule has 0 aromatic heterocycles. The maximum atomic E-state index is 10.8. The van der Waals surface area contributed by atoms with Crippen molar-refractivity contribution in [1.82, 2.24) is 4.90 Å². The molecule has 1 aliphatic rings. The van der Waals surface area contributed by atoms with E-state index in [1.165, 1.54) is 0 Å². The Labute approximate surface area is 242 Å². The van der Waals surface area contributed by atoms with Crippen LogP contribution in [0.2, 0.25) is 0 Å². The van der Waals surface area contributed by atoms with Crippen molar-refractivity contribution in [1.29, 1.82) is 5.26 Å². The Morgan fingerprint density at radius 3 is 2.42 bits per heavy atom. The number of hydrogen-bond acceptors (Lipinski definition) is 7. The Kier molecular flexibility index (Phi) is 14.2. The van der Waals surface area contributed by atoms with E-state index < -0.39 is 12.5 Å². The third-order valence-electron chi connectivity index (χ3n) is 6.36. The van der Waals surface area contributed by atoms with Crippen molar-refractivity contribution in [2.45, 2.75) is 58.0 Å². The molecule has 7 nitrogen and oxygen atoms in total. The topological polar surface area (TPSA) is 112 Å². The lowest BCUT2D eigenvalue weighted by Gasteiger charge is -2.42. The van der Waals surface area contributed by atoms with E-state index in [4.69, 9.17) is 16.9 Å². The Balaban J connectivity index is 2.19. The van der Waals surface area contributed by atoms with Gasteiger partial charge in [0.1, 0.15) is 6.23 Å². The highest BCUT2D eigenvalue weighted by Crippen LogP contribution is 2.30. The van der Waals surface area contributed by atoms with E-state index in [0.29, 0.717) is 65.9 Å². The molecule has 2 rings (SSSR count). The maximum absolute atomic E-state index is 10.8. The summed E-state index contributed by atoms with van der Waals surface area (Å²) in [6.45, 7) is 13.0. The third-order valence-corrected chi connectivity index (χ3v) is 6.48. The number of allylic oxidation sites excluding steroid dienone is 6. The average molecular weight is 563 g/mol. The van der Waals surface area contributed by atoms with E-state index in [-0.39, 0.29) is 6.42 Å². The molecule has 3 N–H and O–H groups in total. The number of hydrogen-bond donors (Lipinski definition) is 3. The molecule has 1 unspecified atom stereocenters. The van der Waals surface area contributed by atoms with Crippen molar-refractivity contribution in [3.63, 3.8) is 0 Å². The van der Waals surface area contributed by atoms with E-state index in [0.717, 1.165) is 11.1 Å². The zero-order valence-corrected chi connectivity index (χ0v) is 24.0. The van der Waals surface area contributed by atoms with Crippen LogP contribution in [0.5, 0.6) is 0 Å². The van der Waals surface area contributed by atoms with Gasteiger partial charge in [-0.1, -0.05) is 55.1 Å². The fraction of sp³-hybridized carbons (Fsp3) is 0.344. The van der Waals surface area contributed by atoms with E-state index >= 15 is 0 Å². The van der Waals surface area contributed by atoms with E-state index in [2.05, 4.69) is 29.2 Å². The second-order valence-electron chi connectivity index (χ2n) is 9.49. The van der Waals surface area contributed by atoms with Gasteiger partial charge in [-0.2, -0.15) is 5.26 Å². The standard InChI is InChI=1S/C32H39ClN4O3/c1-5-18-36-31(26(6-2)14-11-24(4)33)29(9-7-8-10-30(38)39)35-19-17-23(3)32(40)37-21-28(22-37)27-15-12-25(20-34)13-16-27/h5-6,11-19,28,30,32,38-40H,2-3,7-10,21-22H2,1,4H3/b18-5+,19-17+,24-11+,26-14+,35-29-,36-31-. The highest BCUT2D eigenvalue weighted by molar-refractivity contribution is 6.49. The quantitative estimate of drug-likeness (QED) is 0.107. The van der Waals surface area contributed by atoms with Gasteiger partial charge >= 0.3 is 0 Å². The highest BCUT2D eigenvalue weighted by atomic mass is 35.5. The van der Waals surface area contributed by atoms with Crippen LogP contribution in [0.4, 0.5) is 0 Å². The molecular formula is C32H39ClN4O3. The largest absolute Gasteiger partial charge is 0.374 e. The van der Waals surface area contributed by atoms with E-state index in [9.17, 15) is 15.3 Å². The molecule has 0 saturated carbocycles. The van der Waals surface area contributed by atoms with Gasteiger partial charge in [-0.05, 0) is 75.0 Å². The van der Waals surface area contributed by atoms with Crippen molar-refractivity contribution in [3.8, 4) is 6.07 Å². The molecule has 40 heavy (non-hydrogen) atoms. The Bertz CT molecular complexity index is 1220. The first kappa shape index (κ1) is 32.8. The first-order chi connectivity index (χ1) is 19.2. The van der Waals surface area contributed by atoms with Crippen LogP contribution in [0.15, 0.2) is 106 Å². The molecular weight excluding hydrogens is 524 g/mol. The van der Waals surface area contributed by atoms with Gasteiger partial charge in [-0.15, -0.1) is 0 Å². The maximum Gasteiger partial charge on any atom is 0.151 e. The number of unbranched alkanes of at least 4 members (excludes halogenated alkanes) is 1. The van der Waals surface area contributed by atoms with Gasteiger partial charge in [0.2, 0.25) is 0 Å². The van der Waals surface area contributed by atoms with Gasteiger partial charge in [0.25, 0.3) is 0 Å². The molecule has 1 saturated heterocycles. The number of halogens is 1. The zero-order chi connectivity index (χ0) is 29.5.